The van der Waals surface area contributed by atoms with E-state index in [2.05, 4.69) is 9.80 Å². The van der Waals surface area contributed by atoms with Crippen LogP contribution in [0.15, 0.2) is 0 Å². The summed E-state index contributed by atoms with van der Waals surface area (Å²) < 4.78 is 5.47. The first-order valence-corrected chi connectivity index (χ1v) is 8.12. The lowest BCUT2D eigenvalue weighted by molar-refractivity contribution is 0.0824. The minimum Gasteiger partial charge on any atom is -0.379 e. The highest BCUT2D eigenvalue weighted by Crippen LogP contribution is 2.22. The zero-order valence-electron chi connectivity index (χ0n) is 12.1. The summed E-state index contributed by atoms with van der Waals surface area (Å²) in [6, 6.07) is 1.12. The number of nitrogens with two attached hydrogens (primary N) is 1. The molecule has 2 unspecified atom stereocenters. The second kappa shape index (κ2) is 6.53. The van der Waals surface area contributed by atoms with Crippen molar-refractivity contribution in [3.05, 3.63) is 0 Å². The van der Waals surface area contributed by atoms with Crippen molar-refractivity contribution < 1.29 is 4.74 Å². The lowest BCUT2D eigenvalue weighted by Gasteiger charge is -2.40. The molecule has 2 N–H and O–H groups in total. The van der Waals surface area contributed by atoms with Gasteiger partial charge in [-0.15, -0.1) is 0 Å². The minimum absolute atomic E-state index is 0.264. The minimum atomic E-state index is 0.264. The van der Waals surface area contributed by atoms with Crippen LogP contribution < -0.4 is 5.73 Å². The summed E-state index contributed by atoms with van der Waals surface area (Å²) in [5.74, 6) is 0.562. The van der Waals surface area contributed by atoms with E-state index >= 15 is 0 Å². The smallest absolute Gasteiger partial charge is 0.0621 e. The van der Waals surface area contributed by atoms with Gasteiger partial charge < -0.3 is 20.3 Å². The molecule has 3 saturated heterocycles. The number of rotatable bonds is 3. The van der Waals surface area contributed by atoms with Crippen LogP contribution >= 0.6 is 0 Å². The van der Waals surface area contributed by atoms with Crippen LogP contribution in [0.4, 0.5) is 0 Å². The molecule has 4 heteroatoms. The van der Waals surface area contributed by atoms with Crippen molar-refractivity contribution in [2.45, 2.75) is 44.2 Å². The van der Waals surface area contributed by atoms with Gasteiger partial charge in [0.25, 0.3) is 0 Å². The fourth-order valence-corrected chi connectivity index (χ4v) is 3.89. The van der Waals surface area contributed by atoms with Crippen LogP contribution in [0.25, 0.3) is 0 Å². The van der Waals surface area contributed by atoms with Crippen molar-refractivity contribution in [3.8, 4) is 0 Å². The van der Waals surface area contributed by atoms with Crippen molar-refractivity contribution in [1.29, 1.82) is 0 Å². The molecule has 19 heavy (non-hydrogen) atoms. The van der Waals surface area contributed by atoms with Crippen LogP contribution in [0.1, 0.15) is 32.1 Å². The van der Waals surface area contributed by atoms with E-state index < -0.39 is 0 Å². The summed E-state index contributed by atoms with van der Waals surface area (Å²) in [6.07, 6.45) is 6.96. The molecule has 0 saturated carbocycles. The van der Waals surface area contributed by atoms with Gasteiger partial charge in [0.1, 0.15) is 0 Å². The molecule has 3 rings (SSSR count). The van der Waals surface area contributed by atoms with Crippen LogP contribution in [-0.4, -0.2) is 67.8 Å². The van der Waals surface area contributed by atoms with Crippen molar-refractivity contribution in [3.63, 3.8) is 0 Å². The van der Waals surface area contributed by atoms with E-state index in [9.17, 15) is 0 Å². The Labute approximate surface area is 117 Å². The van der Waals surface area contributed by atoms with Gasteiger partial charge in [0, 0.05) is 24.5 Å². The van der Waals surface area contributed by atoms with E-state index in [-0.39, 0.29) is 6.04 Å². The number of ether oxygens (including phenoxy) is 1. The van der Waals surface area contributed by atoms with Gasteiger partial charge in [-0.3, -0.25) is 0 Å². The summed E-state index contributed by atoms with van der Waals surface area (Å²) in [5.41, 5.74) is 6.08. The van der Waals surface area contributed by atoms with Gasteiger partial charge in [0.05, 0.1) is 13.2 Å². The first-order valence-electron chi connectivity index (χ1n) is 8.12. The molecule has 0 bridgehead atoms. The predicted octanol–water partition coefficient (Wildman–Crippen LogP) is 0.910. The van der Waals surface area contributed by atoms with E-state index in [4.69, 9.17) is 10.5 Å². The molecular formula is C15H29N3O. The Morgan fingerprint density at radius 2 is 1.68 bits per heavy atom. The molecule has 3 heterocycles. The third-order valence-electron chi connectivity index (χ3n) is 5.20. The Morgan fingerprint density at radius 3 is 2.32 bits per heavy atom. The van der Waals surface area contributed by atoms with Gasteiger partial charge in [0.15, 0.2) is 0 Å². The Morgan fingerprint density at radius 1 is 0.947 bits per heavy atom. The van der Waals surface area contributed by atoms with Gasteiger partial charge >= 0.3 is 0 Å². The molecule has 2 atom stereocenters. The fraction of sp³-hybridized carbons (Fsp3) is 1.00. The topological polar surface area (TPSA) is 41.7 Å². The highest BCUT2D eigenvalue weighted by Gasteiger charge is 2.30. The van der Waals surface area contributed by atoms with Crippen molar-refractivity contribution in [1.82, 2.24) is 9.80 Å². The van der Waals surface area contributed by atoms with E-state index in [1.807, 2.05) is 0 Å². The summed E-state index contributed by atoms with van der Waals surface area (Å²) in [7, 11) is 0. The average molecular weight is 267 g/mol. The molecule has 0 spiro atoms. The molecule has 4 nitrogen and oxygen atoms in total. The molecule has 0 aliphatic carbocycles. The third kappa shape index (κ3) is 3.48. The summed E-state index contributed by atoms with van der Waals surface area (Å²) in [4.78, 5) is 5.35. The summed E-state index contributed by atoms with van der Waals surface area (Å²) in [6.45, 7) is 7.96. The quantitative estimate of drug-likeness (QED) is 0.825. The zero-order valence-corrected chi connectivity index (χ0v) is 12.1. The molecule has 3 fully saturated rings. The van der Waals surface area contributed by atoms with E-state index in [1.165, 1.54) is 58.3 Å². The van der Waals surface area contributed by atoms with E-state index in [0.717, 1.165) is 25.8 Å². The van der Waals surface area contributed by atoms with Gasteiger partial charge in [0.2, 0.25) is 0 Å². The van der Waals surface area contributed by atoms with Crippen molar-refractivity contribution in [2.24, 2.45) is 11.7 Å². The van der Waals surface area contributed by atoms with Gasteiger partial charge in [-0.25, -0.2) is 0 Å². The maximum Gasteiger partial charge on any atom is 0.0621 e. The zero-order chi connectivity index (χ0) is 13.1. The largest absolute Gasteiger partial charge is 0.379 e. The highest BCUT2D eigenvalue weighted by atomic mass is 16.5. The Kier molecular flexibility index (Phi) is 4.74. The molecule has 3 aliphatic heterocycles. The summed E-state index contributed by atoms with van der Waals surface area (Å²) >= 11 is 0. The molecule has 0 aromatic heterocycles. The lowest BCUT2D eigenvalue weighted by atomic mass is 9.98. The molecule has 3 aliphatic rings. The highest BCUT2D eigenvalue weighted by molar-refractivity contribution is 4.85. The average Bonchev–Trinajstić information content (AvgIpc) is 2.86. The second-order valence-electron chi connectivity index (χ2n) is 6.59. The maximum absolute atomic E-state index is 6.08. The lowest BCUT2D eigenvalue weighted by Crippen LogP contribution is -2.48. The Hall–Kier alpha value is -0.160. The van der Waals surface area contributed by atoms with Crippen LogP contribution in [0.2, 0.25) is 0 Å². The molecular weight excluding hydrogens is 238 g/mol. The second-order valence-corrected chi connectivity index (χ2v) is 6.59. The van der Waals surface area contributed by atoms with E-state index in [1.54, 1.807) is 0 Å². The number of hydrogen-bond acceptors (Lipinski definition) is 4. The number of likely N-dealkylation sites (tertiary alicyclic amines) is 2. The summed E-state index contributed by atoms with van der Waals surface area (Å²) in [5, 5.41) is 0. The predicted molar refractivity (Wildman–Crippen MR) is 77.2 cm³/mol. The molecule has 110 valence electrons. The number of nitrogens with zero attached hydrogens (tertiary/aromatic N) is 2. The number of hydrogen-bond donors (Lipinski definition) is 1. The Bertz CT molecular complexity index is 273. The monoisotopic (exact) mass is 267 g/mol. The molecule has 0 amide bonds. The van der Waals surface area contributed by atoms with Crippen molar-refractivity contribution in [2.75, 3.05) is 45.9 Å². The molecule has 0 aromatic rings. The first-order chi connectivity index (χ1) is 9.33. The van der Waals surface area contributed by atoms with Crippen LogP contribution in [-0.2, 0) is 4.74 Å². The van der Waals surface area contributed by atoms with Crippen LogP contribution in [0.3, 0.4) is 0 Å². The number of piperidine rings is 2. The van der Waals surface area contributed by atoms with Gasteiger partial charge in [-0.2, -0.15) is 0 Å². The first kappa shape index (κ1) is 13.8. The van der Waals surface area contributed by atoms with Crippen LogP contribution in [0, 0.1) is 5.92 Å². The maximum atomic E-state index is 6.08. The SMILES string of the molecule is NC1COCC1CN1CCC(N2CCCCC2)CC1. The standard InChI is InChI=1S/C15H29N3O/c16-15-12-19-11-13(15)10-17-8-4-14(5-9-17)18-6-2-1-3-7-18/h13-15H,1-12,16H2. The van der Waals surface area contributed by atoms with Crippen molar-refractivity contribution >= 4 is 0 Å². The van der Waals surface area contributed by atoms with E-state index in [0.29, 0.717) is 5.92 Å². The van der Waals surface area contributed by atoms with Gasteiger partial charge in [-0.05, 0) is 51.9 Å². The van der Waals surface area contributed by atoms with Gasteiger partial charge in [-0.1, -0.05) is 6.42 Å². The molecule has 0 aromatic carbocycles. The molecule has 0 radical (unpaired) electrons. The fourth-order valence-electron chi connectivity index (χ4n) is 3.89. The Balaban J connectivity index is 1.41. The third-order valence-corrected chi connectivity index (χ3v) is 5.20. The van der Waals surface area contributed by atoms with Crippen LogP contribution in [0.5, 0.6) is 0 Å². The normalized spacial score (nSPS) is 35.8.